The van der Waals surface area contributed by atoms with Gasteiger partial charge in [0.25, 0.3) is 0 Å². The van der Waals surface area contributed by atoms with E-state index in [-0.39, 0.29) is 0 Å². The van der Waals surface area contributed by atoms with Crippen molar-refractivity contribution in [2.45, 2.75) is 6.61 Å². The van der Waals surface area contributed by atoms with Gasteiger partial charge < -0.3 is 10.5 Å². The van der Waals surface area contributed by atoms with E-state index in [1.54, 1.807) is 18.2 Å². The molecule has 0 aliphatic heterocycles. The Morgan fingerprint density at radius 3 is 2.47 bits per heavy atom. The maximum Gasteiger partial charge on any atom is 0.156 e. The van der Waals surface area contributed by atoms with Crippen molar-refractivity contribution < 1.29 is 4.74 Å². The number of nitrogen functional groups attached to an aromatic ring is 1. The molecule has 0 saturated heterocycles. The third-order valence-corrected chi connectivity index (χ3v) is 2.99. The van der Waals surface area contributed by atoms with Gasteiger partial charge in [0.15, 0.2) is 5.75 Å². The topological polar surface area (TPSA) is 59.0 Å². The Labute approximate surface area is 121 Å². The van der Waals surface area contributed by atoms with Crippen LogP contribution in [0.1, 0.15) is 11.1 Å². The van der Waals surface area contributed by atoms with Crippen molar-refractivity contribution in [3.63, 3.8) is 0 Å². The van der Waals surface area contributed by atoms with E-state index in [0.29, 0.717) is 33.7 Å². The molecule has 2 aromatic rings. The van der Waals surface area contributed by atoms with Crippen molar-refractivity contribution in [3.8, 4) is 11.8 Å². The van der Waals surface area contributed by atoms with Gasteiger partial charge in [-0.1, -0.05) is 35.3 Å². The zero-order valence-electron chi connectivity index (χ0n) is 9.86. The summed E-state index contributed by atoms with van der Waals surface area (Å²) in [5.41, 5.74) is 7.53. The molecule has 2 aromatic carbocycles. The average molecular weight is 293 g/mol. The van der Waals surface area contributed by atoms with Gasteiger partial charge in [0.2, 0.25) is 0 Å². The molecule has 0 bridgehead atoms. The van der Waals surface area contributed by atoms with Crippen molar-refractivity contribution in [1.82, 2.24) is 0 Å². The molecule has 0 aromatic heterocycles. The number of anilines is 1. The third kappa shape index (κ3) is 3.31. The molecule has 0 aliphatic rings. The molecule has 0 fully saturated rings. The van der Waals surface area contributed by atoms with Crippen LogP contribution in [-0.4, -0.2) is 0 Å². The molecule has 96 valence electrons. The first kappa shape index (κ1) is 13.5. The largest absolute Gasteiger partial charge is 0.486 e. The van der Waals surface area contributed by atoms with Crippen molar-refractivity contribution in [2.24, 2.45) is 0 Å². The minimum atomic E-state index is 0.302. The zero-order chi connectivity index (χ0) is 13.8. The molecule has 0 unspecified atom stereocenters. The lowest BCUT2D eigenvalue weighted by Crippen LogP contribution is -1.98. The first-order valence-corrected chi connectivity index (χ1v) is 6.22. The van der Waals surface area contributed by atoms with Gasteiger partial charge in [-0.2, -0.15) is 5.26 Å². The molecule has 2 rings (SSSR count). The fourth-order valence-corrected chi connectivity index (χ4v) is 2.11. The van der Waals surface area contributed by atoms with Crippen LogP contribution in [0.4, 0.5) is 5.69 Å². The Bertz CT molecular complexity index is 633. The monoisotopic (exact) mass is 292 g/mol. The highest BCUT2D eigenvalue weighted by Gasteiger charge is 2.10. The van der Waals surface area contributed by atoms with Gasteiger partial charge in [0, 0.05) is 10.7 Å². The van der Waals surface area contributed by atoms with Gasteiger partial charge >= 0.3 is 0 Å². The normalized spacial score (nSPS) is 9.95. The van der Waals surface area contributed by atoms with Crippen molar-refractivity contribution >= 4 is 28.9 Å². The summed E-state index contributed by atoms with van der Waals surface area (Å²) < 4.78 is 5.59. The minimum Gasteiger partial charge on any atom is -0.486 e. The summed E-state index contributed by atoms with van der Waals surface area (Å²) in [6.07, 6.45) is 0. The Morgan fingerprint density at radius 2 is 1.84 bits per heavy atom. The van der Waals surface area contributed by atoms with Gasteiger partial charge in [0.05, 0.1) is 10.6 Å². The number of nitrogens with zero attached hydrogens (tertiary/aromatic N) is 1. The predicted octanol–water partition coefficient (Wildman–Crippen LogP) is 4.03. The van der Waals surface area contributed by atoms with Crippen LogP contribution in [0.3, 0.4) is 0 Å². The van der Waals surface area contributed by atoms with Crippen LogP contribution in [0.15, 0.2) is 36.4 Å². The van der Waals surface area contributed by atoms with Gasteiger partial charge in [0.1, 0.15) is 12.7 Å². The summed E-state index contributed by atoms with van der Waals surface area (Å²) in [5.74, 6) is 0.338. The maximum atomic E-state index is 9.04. The maximum absolute atomic E-state index is 9.04. The first-order valence-electron chi connectivity index (χ1n) is 5.46. The van der Waals surface area contributed by atoms with Crippen LogP contribution in [0.25, 0.3) is 0 Å². The van der Waals surface area contributed by atoms with E-state index >= 15 is 0 Å². The lowest BCUT2D eigenvalue weighted by Gasteiger charge is -2.10. The fraction of sp³-hybridized carbons (Fsp3) is 0.0714. The Kier molecular flexibility index (Phi) is 4.16. The molecular formula is C14H10Cl2N2O. The predicted molar refractivity (Wildman–Crippen MR) is 76.4 cm³/mol. The van der Waals surface area contributed by atoms with Crippen molar-refractivity contribution in [2.75, 3.05) is 5.73 Å². The summed E-state index contributed by atoms with van der Waals surface area (Å²) in [6, 6.07) is 12.3. The molecule has 0 saturated carbocycles. The number of nitrogens with two attached hydrogens (primary N) is 1. The zero-order valence-corrected chi connectivity index (χ0v) is 11.4. The van der Waals surface area contributed by atoms with Crippen LogP contribution in [0, 0.1) is 11.3 Å². The second kappa shape index (κ2) is 5.83. The van der Waals surface area contributed by atoms with Gasteiger partial charge in [-0.25, -0.2) is 0 Å². The van der Waals surface area contributed by atoms with Crippen LogP contribution >= 0.6 is 23.2 Å². The van der Waals surface area contributed by atoms with E-state index in [1.165, 1.54) is 6.07 Å². The average Bonchev–Trinajstić information content (AvgIpc) is 2.39. The number of rotatable bonds is 3. The molecule has 0 heterocycles. The molecule has 0 radical (unpaired) electrons. The number of benzene rings is 2. The molecule has 0 atom stereocenters. The third-order valence-electron chi connectivity index (χ3n) is 2.49. The van der Waals surface area contributed by atoms with Crippen LogP contribution in [0.5, 0.6) is 5.75 Å². The number of ether oxygens (including phenoxy) is 1. The molecule has 0 amide bonds. The minimum absolute atomic E-state index is 0.302. The number of hydrogen-bond acceptors (Lipinski definition) is 3. The Balaban J connectivity index is 2.20. The van der Waals surface area contributed by atoms with Gasteiger partial charge in [-0.3, -0.25) is 0 Å². The lowest BCUT2D eigenvalue weighted by molar-refractivity contribution is 0.305. The highest BCUT2D eigenvalue weighted by Crippen LogP contribution is 2.32. The molecule has 0 spiro atoms. The van der Waals surface area contributed by atoms with E-state index in [0.717, 1.165) is 5.56 Å². The van der Waals surface area contributed by atoms with E-state index < -0.39 is 0 Å². The van der Waals surface area contributed by atoms with Crippen molar-refractivity contribution in [3.05, 3.63) is 57.6 Å². The van der Waals surface area contributed by atoms with E-state index in [9.17, 15) is 0 Å². The highest BCUT2D eigenvalue weighted by molar-refractivity contribution is 6.35. The quantitative estimate of drug-likeness (QED) is 0.869. The Hall–Kier alpha value is -1.89. The SMILES string of the molecule is N#Cc1cc(Cl)cc(Cl)c1OCc1ccc(N)cc1. The van der Waals surface area contributed by atoms with Gasteiger partial charge in [-0.15, -0.1) is 0 Å². The molecular weight excluding hydrogens is 283 g/mol. The lowest BCUT2D eigenvalue weighted by atomic mass is 10.2. The second-order valence-corrected chi connectivity index (χ2v) is 4.75. The summed E-state index contributed by atoms with van der Waals surface area (Å²) in [6.45, 7) is 0.302. The number of nitriles is 1. The summed E-state index contributed by atoms with van der Waals surface area (Å²) in [7, 11) is 0. The molecule has 0 aliphatic carbocycles. The van der Waals surface area contributed by atoms with Crippen LogP contribution in [-0.2, 0) is 6.61 Å². The number of hydrogen-bond donors (Lipinski definition) is 1. The summed E-state index contributed by atoms with van der Waals surface area (Å²) in [4.78, 5) is 0. The van der Waals surface area contributed by atoms with Crippen LogP contribution < -0.4 is 10.5 Å². The second-order valence-electron chi connectivity index (χ2n) is 3.91. The van der Waals surface area contributed by atoms with Gasteiger partial charge in [-0.05, 0) is 29.8 Å². The Morgan fingerprint density at radius 1 is 1.16 bits per heavy atom. The fourth-order valence-electron chi connectivity index (χ4n) is 1.56. The summed E-state index contributed by atoms with van der Waals surface area (Å²) >= 11 is 11.9. The van der Waals surface area contributed by atoms with Crippen LogP contribution in [0.2, 0.25) is 10.0 Å². The van der Waals surface area contributed by atoms with Crippen molar-refractivity contribution in [1.29, 1.82) is 5.26 Å². The van der Waals surface area contributed by atoms with E-state index in [4.69, 9.17) is 38.9 Å². The smallest absolute Gasteiger partial charge is 0.156 e. The molecule has 19 heavy (non-hydrogen) atoms. The standard InChI is InChI=1S/C14H10Cl2N2O/c15-11-5-10(7-17)14(13(16)6-11)19-8-9-1-3-12(18)4-2-9/h1-6H,8,18H2. The molecule has 2 N–H and O–H groups in total. The molecule has 5 heteroatoms. The number of halogens is 2. The summed E-state index contributed by atoms with van der Waals surface area (Å²) in [5, 5.41) is 9.76. The van der Waals surface area contributed by atoms with E-state index in [2.05, 4.69) is 0 Å². The first-order chi connectivity index (χ1) is 9.10. The highest BCUT2D eigenvalue weighted by atomic mass is 35.5. The van der Waals surface area contributed by atoms with E-state index in [1.807, 2.05) is 18.2 Å². The molecule has 3 nitrogen and oxygen atoms in total.